The quantitative estimate of drug-likeness (QED) is 0.0974. The van der Waals surface area contributed by atoms with Crippen molar-refractivity contribution < 1.29 is 64.1 Å². The fourth-order valence-corrected chi connectivity index (χ4v) is 4.52. The van der Waals surface area contributed by atoms with Gasteiger partial charge in [0.2, 0.25) is 0 Å². The summed E-state index contributed by atoms with van der Waals surface area (Å²) in [5, 5.41) is 62.3. The molecule has 14 nitrogen and oxygen atoms in total. The number of rotatable bonds is 13. The van der Waals surface area contributed by atoms with Crippen LogP contribution in [-0.4, -0.2) is 124 Å². The van der Waals surface area contributed by atoms with Gasteiger partial charge in [-0.2, -0.15) is 0 Å². The lowest BCUT2D eigenvalue weighted by molar-refractivity contribution is -0.379. The van der Waals surface area contributed by atoms with E-state index in [-0.39, 0.29) is 6.61 Å². The first-order chi connectivity index (χ1) is 18.9. The summed E-state index contributed by atoms with van der Waals surface area (Å²) in [6.45, 7) is 7.04. The summed E-state index contributed by atoms with van der Waals surface area (Å²) < 4.78 is 28.3. The molecule has 0 spiro atoms. The van der Waals surface area contributed by atoms with Crippen molar-refractivity contribution in [1.29, 1.82) is 0 Å². The number of nitrogens with one attached hydrogen (secondary N) is 2. The number of hydroxylamine groups is 1. The second-order valence-electron chi connectivity index (χ2n) is 11.0. The molecule has 230 valence electrons. The maximum Gasteiger partial charge on any atom is 0.187 e. The van der Waals surface area contributed by atoms with E-state index in [0.717, 1.165) is 11.1 Å². The van der Waals surface area contributed by atoms with Crippen LogP contribution >= 0.6 is 0 Å². The molecule has 10 atom stereocenters. The molecule has 40 heavy (non-hydrogen) atoms. The first-order valence-corrected chi connectivity index (χ1v) is 13.5. The summed E-state index contributed by atoms with van der Waals surface area (Å²) >= 11 is 0. The van der Waals surface area contributed by atoms with E-state index in [1.807, 2.05) is 25.4 Å². The highest BCUT2D eigenvalue weighted by molar-refractivity contribution is 5.12. The fraction of sp³-hybridized carbons (Fsp3) is 0.808. The minimum atomic E-state index is -1.62. The molecule has 0 radical (unpaired) electrons. The summed E-state index contributed by atoms with van der Waals surface area (Å²) in [5.74, 6) is 0. The normalized spacial score (nSPS) is 35.1. The topological polar surface area (TPSA) is 203 Å². The van der Waals surface area contributed by atoms with E-state index >= 15 is 0 Å². The minimum absolute atomic E-state index is 0.149. The van der Waals surface area contributed by atoms with Gasteiger partial charge in [-0.15, -0.1) is 0 Å². The molecule has 2 aliphatic rings. The Morgan fingerprint density at radius 3 is 2.17 bits per heavy atom. The molecule has 2 aliphatic heterocycles. The predicted molar refractivity (Wildman–Crippen MR) is 136 cm³/mol. The second-order valence-corrected chi connectivity index (χ2v) is 11.0. The van der Waals surface area contributed by atoms with Crippen molar-refractivity contribution in [3.8, 4) is 0 Å². The molecule has 8 N–H and O–H groups in total. The third kappa shape index (κ3) is 9.06. The lowest BCUT2D eigenvalue weighted by atomic mass is 9.96. The lowest BCUT2D eigenvalue weighted by Crippen LogP contribution is -2.65. The number of aromatic nitrogens is 1. The van der Waals surface area contributed by atoms with E-state index in [4.69, 9.17) is 28.5 Å². The molecule has 0 aliphatic carbocycles. The lowest BCUT2D eigenvalue weighted by Gasteiger charge is -2.47. The number of aliphatic hydroxyl groups is 6. The van der Waals surface area contributed by atoms with Gasteiger partial charge in [-0.3, -0.25) is 4.84 Å². The average Bonchev–Trinajstić information content (AvgIpc) is 2.90. The van der Waals surface area contributed by atoms with Gasteiger partial charge in [0.05, 0.1) is 32.0 Å². The van der Waals surface area contributed by atoms with Crippen LogP contribution in [0.2, 0.25) is 0 Å². The smallest absolute Gasteiger partial charge is 0.187 e. The highest BCUT2D eigenvalue weighted by Crippen LogP contribution is 2.31. The van der Waals surface area contributed by atoms with Crippen LogP contribution in [0.3, 0.4) is 0 Å². The molecule has 0 aromatic carbocycles. The van der Waals surface area contributed by atoms with Crippen LogP contribution in [-0.2, 0) is 35.1 Å². The van der Waals surface area contributed by atoms with E-state index in [1.165, 1.54) is 0 Å². The Morgan fingerprint density at radius 1 is 0.900 bits per heavy atom. The Bertz CT molecular complexity index is 885. The van der Waals surface area contributed by atoms with E-state index < -0.39 is 80.2 Å². The summed E-state index contributed by atoms with van der Waals surface area (Å²) in [4.78, 5) is 8.45. The number of hydrogen-bond donors (Lipinski definition) is 7. The van der Waals surface area contributed by atoms with Crippen LogP contribution in [0.5, 0.6) is 0 Å². The van der Waals surface area contributed by atoms with E-state index in [1.54, 1.807) is 20.8 Å². The van der Waals surface area contributed by atoms with Crippen molar-refractivity contribution in [1.82, 2.24) is 5.48 Å². The maximum absolute atomic E-state index is 10.8. The Morgan fingerprint density at radius 2 is 1.52 bits per heavy atom. The molecule has 5 unspecified atom stereocenters. The highest BCUT2D eigenvalue weighted by Gasteiger charge is 2.51. The Labute approximate surface area is 233 Å². The van der Waals surface area contributed by atoms with Gasteiger partial charge >= 0.3 is 0 Å². The van der Waals surface area contributed by atoms with Gasteiger partial charge < -0.3 is 54.3 Å². The average molecular weight is 578 g/mol. The number of pyridine rings is 1. The van der Waals surface area contributed by atoms with Gasteiger partial charge in [-0.25, -0.2) is 10.5 Å². The fourth-order valence-electron chi connectivity index (χ4n) is 4.52. The largest absolute Gasteiger partial charge is 0.394 e. The molecule has 2 fully saturated rings. The third-order valence-electron chi connectivity index (χ3n) is 6.46. The van der Waals surface area contributed by atoms with E-state index in [2.05, 4.69) is 10.5 Å². The van der Waals surface area contributed by atoms with Gasteiger partial charge in [0.25, 0.3) is 0 Å². The molecule has 2 saturated heterocycles. The zero-order chi connectivity index (χ0) is 29.4. The predicted octanol–water partition coefficient (Wildman–Crippen LogP) is -2.32. The third-order valence-corrected chi connectivity index (χ3v) is 6.46. The highest BCUT2D eigenvalue weighted by atomic mass is 16.7. The number of hydrogen-bond acceptors (Lipinski definition) is 13. The van der Waals surface area contributed by atoms with Crippen LogP contribution in [0.25, 0.3) is 0 Å². The number of H-pyrrole nitrogens is 1. The monoisotopic (exact) mass is 577 g/mol. The van der Waals surface area contributed by atoms with Crippen molar-refractivity contribution in [2.45, 2.75) is 108 Å². The molecule has 1 aromatic rings. The summed E-state index contributed by atoms with van der Waals surface area (Å²) in [7, 11) is 0. The Hall–Kier alpha value is -1.37. The van der Waals surface area contributed by atoms with Crippen LogP contribution in [0.4, 0.5) is 0 Å². The number of aromatic amines is 1. The number of ether oxygens (including phenoxy) is 5. The summed E-state index contributed by atoms with van der Waals surface area (Å²) in [5.41, 5.74) is 4.19. The van der Waals surface area contributed by atoms with Gasteiger partial charge in [0.15, 0.2) is 25.0 Å². The van der Waals surface area contributed by atoms with Crippen molar-refractivity contribution in [3.63, 3.8) is 0 Å². The molecule has 1 aromatic heterocycles. The Balaban J connectivity index is 1.47. The Kier molecular flexibility index (Phi) is 12.6. The SMILES string of the molecule is Cc1c[nH+]cc(CONCCCO[C@H]2OC(CO)[C@@H](OC3OC(CO)[C@@H](OC(C)(C)C)[C@@H](O)C3O)[C@@H](O)C2O)c1. The van der Waals surface area contributed by atoms with E-state index in [9.17, 15) is 30.6 Å². The molecule has 0 amide bonds. The first-order valence-electron chi connectivity index (χ1n) is 13.5. The van der Waals surface area contributed by atoms with Crippen LogP contribution in [0.1, 0.15) is 38.3 Å². The van der Waals surface area contributed by atoms with Gasteiger partial charge in [-0.05, 0) is 40.2 Å². The molecule has 3 heterocycles. The molecular weight excluding hydrogens is 532 g/mol. The van der Waals surface area contributed by atoms with Gasteiger partial charge in [0.1, 0.15) is 48.8 Å². The van der Waals surface area contributed by atoms with Crippen molar-refractivity contribution in [2.75, 3.05) is 26.4 Å². The zero-order valence-corrected chi connectivity index (χ0v) is 23.4. The zero-order valence-electron chi connectivity index (χ0n) is 23.4. The summed E-state index contributed by atoms with van der Waals surface area (Å²) in [6.07, 6.45) is -9.41. The van der Waals surface area contributed by atoms with Crippen molar-refractivity contribution >= 4 is 0 Å². The summed E-state index contributed by atoms with van der Waals surface area (Å²) in [6, 6.07) is 2.00. The van der Waals surface area contributed by atoms with Crippen LogP contribution in [0, 0.1) is 6.92 Å². The molecule has 3 rings (SSSR count). The van der Waals surface area contributed by atoms with E-state index in [0.29, 0.717) is 19.6 Å². The number of aryl methyl sites for hydroxylation is 1. The second kappa shape index (κ2) is 15.2. The molecule has 14 heteroatoms. The van der Waals surface area contributed by atoms with Crippen LogP contribution < -0.4 is 10.5 Å². The molecular formula is C26H45N2O12+. The first kappa shape index (κ1) is 33.1. The van der Waals surface area contributed by atoms with Crippen LogP contribution in [0.15, 0.2) is 18.5 Å². The molecule has 0 bridgehead atoms. The van der Waals surface area contributed by atoms with Gasteiger partial charge in [-0.1, -0.05) is 0 Å². The molecule has 0 saturated carbocycles. The van der Waals surface area contributed by atoms with Crippen molar-refractivity contribution in [3.05, 3.63) is 29.6 Å². The van der Waals surface area contributed by atoms with Gasteiger partial charge in [0, 0.05) is 17.7 Å². The minimum Gasteiger partial charge on any atom is -0.394 e. The number of aliphatic hydroxyl groups excluding tert-OH is 6. The van der Waals surface area contributed by atoms with Crippen molar-refractivity contribution in [2.24, 2.45) is 0 Å². The maximum atomic E-state index is 10.8. The standard InChI is InChI=1S/C26H44N2O12/c1-14-8-15(10-27-9-14)13-36-28-6-5-7-35-24-20(33)18(31)22(16(11-29)37-24)39-25-21(34)19(32)23(17(12-30)38-25)40-26(2,3)4/h8-10,16-25,28-34H,5-7,11-13H2,1-4H3/p+1/t16?,17?,18-,19-,20?,21?,22+,23+,24-,25?/m0/s1.